The van der Waals surface area contributed by atoms with Gasteiger partial charge in [0.1, 0.15) is 0 Å². The Morgan fingerprint density at radius 3 is 3.00 bits per heavy atom. The number of nitrogens with one attached hydrogen (secondary N) is 1. The molecule has 5 heteroatoms. The summed E-state index contributed by atoms with van der Waals surface area (Å²) in [5.74, 6) is 1.58. The number of nitrogens with zero attached hydrogens (tertiary/aromatic N) is 3. The molecule has 2 aromatic rings. The molecule has 0 bridgehead atoms. The van der Waals surface area contributed by atoms with Crippen molar-refractivity contribution in [3.63, 3.8) is 0 Å². The lowest BCUT2D eigenvalue weighted by Crippen LogP contribution is -2.13. The van der Waals surface area contributed by atoms with Gasteiger partial charge in [-0.2, -0.15) is 0 Å². The number of aryl methyl sites for hydroxylation is 2. The van der Waals surface area contributed by atoms with E-state index >= 15 is 0 Å². The summed E-state index contributed by atoms with van der Waals surface area (Å²) in [7, 11) is 0. The summed E-state index contributed by atoms with van der Waals surface area (Å²) in [6, 6.07) is 0. The van der Waals surface area contributed by atoms with Crippen molar-refractivity contribution in [2.45, 2.75) is 26.8 Å². The van der Waals surface area contributed by atoms with Crippen molar-refractivity contribution in [3.05, 3.63) is 29.0 Å². The Morgan fingerprint density at radius 1 is 1.41 bits per heavy atom. The number of hydrogen-bond donors (Lipinski definition) is 1. The van der Waals surface area contributed by atoms with Gasteiger partial charge in [-0.15, -0.1) is 11.3 Å². The smallest absolute Gasteiger partial charge is 0.202 e. The first-order valence-corrected chi connectivity index (χ1v) is 6.82. The van der Waals surface area contributed by atoms with Crippen molar-refractivity contribution < 1.29 is 0 Å². The van der Waals surface area contributed by atoms with Crippen LogP contribution >= 0.6 is 11.3 Å². The molecule has 4 nitrogen and oxygen atoms in total. The lowest BCUT2D eigenvalue weighted by atomic mass is 10.2. The molecule has 0 aliphatic heterocycles. The molecule has 0 radical (unpaired) electrons. The predicted molar refractivity (Wildman–Crippen MR) is 71.4 cm³/mol. The summed E-state index contributed by atoms with van der Waals surface area (Å²) >= 11 is 1.64. The lowest BCUT2D eigenvalue weighted by Gasteiger charge is -2.10. The zero-order valence-electron chi connectivity index (χ0n) is 10.3. The Labute approximate surface area is 106 Å². The SMILES string of the molecule is CC(C)CNc1nccn1CCc1cscn1. The molecule has 2 heterocycles. The third-order valence-electron chi connectivity index (χ3n) is 2.48. The first kappa shape index (κ1) is 12.1. The van der Waals surface area contributed by atoms with Crippen LogP contribution in [-0.4, -0.2) is 21.1 Å². The summed E-state index contributed by atoms with van der Waals surface area (Å²) in [5, 5.41) is 5.45. The van der Waals surface area contributed by atoms with Gasteiger partial charge in [0.15, 0.2) is 0 Å². The van der Waals surface area contributed by atoms with Crippen molar-refractivity contribution in [2.75, 3.05) is 11.9 Å². The van der Waals surface area contributed by atoms with Gasteiger partial charge in [-0.25, -0.2) is 9.97 Å². The van der Waals surface area contributed by atoms with Crippen LogP contribution < -0.4 is 5.32 Å². The van der Waals surface area contributed by atoms with E-state index in [1.807, 2.05) is 17.9 Å². The van der Waals surface area contributed by atoms with Crippen LogP contribution in [-0.2, 0) is 13.0 Å². The fourth-order valence-electron chi connectivity index (χ4n) is 1.55. The van der Waals surface area contributed by atoms with Gasteiger partial charge >= 0.3 is 0 Å². The van der Waals surface area contributed by atoms with Crippen LogP contribution in [0.4, 0.5) is 5.95 Å². The molecule has 0 amide bonds. The molecule has 0 aromatic carbocycles. The molecule has 0 spiro atoms. The minimum atomic E-state index is 0.624. The molecule has 2 rings (SSSR count). The first-order chi connectivity index (χ1) is 8.25. The number of thiazole rings is 1. The minimum Gasteiger partial charge on any atom is -0.355 e. The van der Waals surface area contributed by atoms with Crippen molar-refractivity contribution in [3.8, 4) is 0 Å². The number of hydrogen-bond acceptors (Lipinski definition) is 4. The third kappa shape index (κ3) is 3.56. The van der Waals surface area contributed by atoms with E-state index in [0.717, 1.165) is 31.2 Å². The molecule has 17 heavy (non-hydrogen) atoms. The average molecular weight is 250 g/mol. The minimum absolute atomic E-state index is 0.624. The first-order valence-electron chi connectivity index (χ1n) is 5.88. The van der Waals surface area contributed by atoms with Gasteiger partial charge in [-0.05, 0) is 5.92 Å². The molecule has 0 fully saturated rings. The Morgan fingerprint density at radius 2 is 2.29 bits per heavy atom. The molecule has 1 N–H and O–H groups in total. The number of rotatable bonds is 6. The van der Waals surface area contributed by atoms with Crippen LogP contribution in [0.3, 0.4) is 0 Å². The molecule has 0 saturated carbocycles. The largest absolute Gasteiger partial charge is 0.355 e. The van der Waals surface area contributed by atoms with Crippen LogP contribution in [0.15, 0.2) is 23.3 Å². The van der Waals surface area contributed by atoms with Crippen LogP contribution in [0.2, 0.25) is 0 Å². The van der Waals surface area contributed by atoms with Crippen molar-refractivity contribution in [1.82, 2.24) is 14.5 Å². The Hall–Kier alpha value is -1.36. The molecule has 0 aliphatic rings. The van der Waals surface area contributed by atoms with Gasteiger partial charge in [0.05, 0.1) is 11.2 Å². The highest BCUT2D eigenvalue weighted by Crippen LogP contribution is 2.08. The maximum Gasteiger partial charge on any atom is 0.202 e. The van der Waals surface area contributed by atoms with E-state index in [9.17, 15) is 0 Å². The van der Waals surface area contributed by atoms with Gasteiger partial charge in [0.2, 0.25) is 5.95 Å². The van der Waals surface area contributed by atoms with Crippen LogP contribution in [0.25, 0.3) is 0 Å². The zero-order valence-corrected chi connectivity index (χ0v) is 11.1. The topological polar surface area (TPSA) is 42.7 Å². The molecular formula is C12H18N4S. The summed E-state index contributed by atoms with van der Waals surface area (Å²) < 4.78 is 2.14. The van der Waals surface area contributed by atoms with Gasteiger partial charge in [-0.1, -0.05) is 13.8 Å². The van der Waals surface area contributed by atoms with E-state index in [1.54, 1.807) is 11.3 Å². The molecule has 0 atom stereocenters. The number of imidazole rings is 1. The number of aromatic nitrogens is 3. The second-order valence-corrected chi connectivity index (χ2v) is 5.17. The molecule has 0 aliphatic carbocycles. The highest BCUT2D eigenvalue weighted by atomic mass is 32.1. The second kappa shape index (κ2) is 5.82. The Balaban J connectivity index is 1.90. The summed E-state index contributed by atoms with van der Waals surface area (Å²) in [6.07, 6.45) is 4.80. The van der Waals surface area contributed by atoms with Gasteiger partial charge in [0.25, 0.3) is 0 Å². The van der Waals surface area contributed by atoms with Crippen molar-refractivity contribution >= 4 is 17.3 Å². The quantitative estimate of drug-likeness (QED) is 0.857. The lowest BCUT2D eigenvalue weighted by molar-refractivity contribution is 0.658. The van der Waals surface area contributed by atoms with E-state index in [4.69, 9.17) is 0 Å². The highest BCUT2D eigenvalue weighted by Gasteiger charge is 2.03. The van der Waals surface area contributed by atoms with Crippen LogP contribution in [0, 0.1) is 5.92 Å². The van der Waals surface area contributed by atoms with Crippen LogP contribution in [0.1, 0.15) is 19.5 Å². The van der Waals surface area contributed by atoms with E-state index in [-0.39, 0.29) is 0 Å². The summed E-state index contributed by atoms with van der Waals surface area (Å²) in [5.41, 5.74) is 3.03. The van der Waals surface area contributed by atoms with Gasteiger partial charge in [0, 0.05) is 37.3 Å². The maximum absolute atomic E-state index is 4.32. The third-order valence-corrected chi connectivity index (χ3v) is 3.11. The fourth-order valence-corrected chi connectivity index (χ4v) is 2.14. The maximum atomic E-state index is 4.32. The van der Waals surface area contributed by atoms with E-state index in [2.05, 4.69) is 39.1 Å². The fraction of sp³-hybridized carbons (Fsp3) is 0.500. The van der Waals surface area contributed by atoms with E-state index in [1.165, 1.54) is 0 Å². The Kier molecular flexibility index (Phi) is 4.14. The normalized spacial score (nSPS) is 11.0. The molecule has 92 valence electrons. The highest BCUT2D eigenvalue weighted by molar-refractivity contribution is 7.07. The van der Waals surface area contributed by atoms with E-state index < -0.39 is 0 Å². The molecule has 0 saturated heterocycles. The Bertz CT molecular complexity index is 433. The van der Waals surface area contributed by atoms with Gasteiger partial charge < -0.3 is 9.88 Å². The zero-order chi connectivity index (χ0) is 12.1. The number of anilines is 1. The van der Waals surface area contributed by atoms with Crippen molar-refractivity contribution in [1.29, 1.82) is 0 Å². The summed E-state index contributed by atoms with van der Waals surface area (Å²) in [4.78, 5) is 8.61. The summed E-state index contributed by atoms with van der Waals surface area (Å²) in [6.45, 7) is 6.25. The predicted octanol–water partition coefficient (Wildman–Crippen LogP) is 2.65. The molecular weight excluding hydrogens is 232 g/mol. The van der Waals surface area contributed by atoms with Crippen molar-refractivity contribution in [2.24, 2.45) is 5.92 Å². The molecule has 0 unspecified atom stereocenters. The van der Waals surface area contributed by atoms with E-state index in [0.29, 0.717) is 5.92 Å². The molecule has 2 aromatic heterocycles. The van der Waals surface area contributed by atoms with Gasteiger partial charge in [-0.3, -0.25) is 0 Å². The second-order valence-electron chi connectivity index (χ2n) is 4.45. The average Bonchev–Trinajstić information content (AvgIpc) is 2.95. The van der Waals surface area contributed by atoms with Crippen LogP contribution in [0.5, 0.6) is 0 Å². The standard InChI is InChI=1S/C12H18N4S/c1-10(2)7-14-12-13-4-6-16(12)5-3-11-8-17-9-15-11/h4,6,8-10H,3,5,7H2,1-2H3,(H,13,14). The monoisotopic (exact) mass is 250 g/mol.